The largest absolute Gasteiger partial charge is 0.304 e. The van der Waals surface area contributed by atoms with Gasteiger partial charge in [-0.15, -0.1) is 0 Å². The van der Waals surface area contributed by atoms with E-state index in [0.717, 1.165) is 28.5 Å². The van der Waals surface area contributed by atoms with E-state index in [1.807, 2.05) is 30.7 Å². The van der Waals surface area contributed by atoms with Crippen LogP contribution in [0, 0.1) is 6.92 Å². The van der Waals surface area contributed by atoms with E-state index in [2.05, 4.69) is 17.3 Å². The smallest absolute Gasteiger partial charge is 0.0860 e. The van der Waals surface area contributed by atoms with Crippen molar-refractivity contribution in [2.24, 2.45) is 0 Å². The van der Waals surface area contributed by atoms with Gasteiger partial charge >= 0.3 is 0 Å². The lowest BCUT2D eigenvalue weighted by Crippen LogP contribution is -2.20. The predicted molar refractivity (Wildman–Crippen MR) is 89.4 cm³/mol. The Kier molecular flexibility index (Phi) is 5.55. The van der Waals surface area contributed by atoms with E-state index in [1.165, 1.54) is 0 Å². The van der Waals surface area contributed by atoms with Crippen molar-refractivity contribution in [3.63, 3.8) is 0 Å². The summed E-state index contributed by atoms with van der Waals surface area (Å²) in [6, 6.07) is 5.62. The molecule has 21 heavy (non-hydrogen) atoms. The summed E-state index contributed by atoms with van der Waals surface area (Å²) in [5, 5.41) is 9.86. The lowest BCUT2D eigenvalue weighted by Gasteiger charge is -2.16. The second-order valence-corrected chi connectivity index (χ2v) is 6.15. The van der Waals surface area contributed by atoms with Crippen LogP contribution in [0.1, 0.15) is 36.8 Å². The fraction of sp³-hybridized carbons (Fsp3) is 0.400. The number of hydrogen-bond donors (Lipinski definition) is 1. The standard InChI is InChI=1S/C15H18Cl3N3/c1-4-21-14(15(18)10(3)20-21)8-19-9(2)12-6-5-11(16)7-13(12)17/h5-7,9,19H,4,8H2,1-3H3. The minimum atomic E-state index is 0.0892. The Hall–Kier alpha value is -0.740. The molecule has 0 saturated heterocycles. The van der Waals surface area contributed by atoms with Gasteiger partial charge in [0, 0.05) is 29.2 Å². The molecule has 0 bridgehead atoms. The summed E-state index contributed by atoms with van der Waals surface area (Å²) in [5.74, 6) is 0. The number of benzene rings is 1. The summed E-state index contributed by atoms with van der Waals surface area (Å²) in [6.07, 6.45) is 0. The van der Waals surface area contributed by atoms with Gasteiger partial charge in [0.2, 0.25) is 0 Å². The summed E-state index contributed by atoms with van der Waals surface area (Å²) in [6.45, 7) is 7.44. The van der Waals surface area contributed by atoms with Gasteiger partial charge in [-0.25, -0.2) is 0 Å². The Morgan fingerprint density at radius 2 is 2.00 bits per heavy atom. The van der Waals surface area contributed by atoms with Gasteiger partial charge in [0.25, 0.3) is 0 Å². The maximum absolute atomic E-state index is 6.31. The van der Waals surface area contributed by atoms with Gasteiger partial charge in [0.05, 0.1) is 16.4 Å². The molecular weight excluding hydrogens is 329 g/mol. The zero-order valence-corrected chi connectivity index (χ0v) is 14.5. The topological polar surface area (TPSA) is 29.9 Å². The summed E-state index contributed by atoms with van der Waals surface area (Å²) in [4.78, 5) is 0. The van der Waals surface area contributed by atoms with Gasteiger partial charge in [-0.3, -0.25) is 4.68 Å². The molecule has 0 aliphatic carbocycles. The van der Waals surface area contributed by atoms with Crippen molar-refractivity contribution in [3.05, 3.63) is 50.2 Å². The highest BCUT2D eigenvalue weighted by Gasteiger charge is 2.15. The van der Waals surface area contributed by atoms with Crippen molar-refractivity contribution in [2.45, 2.75) is 39.9 Å². The zero-order chi connectivity index (χ0) is 15.6. The quantitative estimate of drug-likeness (QED) is 0.823. The van der Waals surface area contributed by atoms with Gasteiger partial charge in [-0.2, -0.15) is 5.10 Å². The van der Waals surface area contributed by atoms with Gasteiger partial charge < -0.3 is 5.32 Å². The van der Waals surface area contributed by atoms with Gasteiger partial charge in [0.15, 0.2) is 0 Å². The van der Waals surface area contributed by atoms with E-state index in [9.17, 15) is 0 Å². The Morgan fingerprint density at radius 3 is 2.62 bits per heavy atom. The first-order chi connectivity index (χ1) is 9.93. The number of halogens is 3. The molecule has 1 N–H and O–H groups in total. The van der Waals surface area contributed by atoms with E-state index in [1.54, 1.807) is 6.07 Å². The maximum Gasteiger partial charge on any atom is 0.0860 e. The van der Waals surface area contributed by atoms with Crippen LogP contribution in [0.5, 0.6) is 0 Å². The van der Waals surface area contributed by atoms with Crippen molar-refractivity contribution in [1.82, 2.24) is 15.1 Å². The highest BCUT2D eigenvalue weighted by atomic mass is 35.5. The molecule has 0 spiro atoms. The lowest BCUT2D eigenvalue weighted by molar-refractivity contribution is 0.531. The summed E-state index contributed by atoms with van der Waals surface area (Å²) in [5.41, 5.74) is 2.86. The molecule has 0 saturated carbocycles. The summed E-state index contributed by atoms with van der Waals surface area (Å²) in [7, 11) is 0. The molecule has 2 aromatic rings. The molecule has 1 aromatic carbocycles. The molecule has 114 valence electrons. The van der Waals surface area contributed by atoms with Crippen molar-refractivity contribution < 1.29 is 0 Å². The highest BCUT2D eigenvalue weighted by molar-refractivity contribution is 6.35. The van der Waals surface area contributed by atoms with E-state index in [-0.39, 0.29) is 6.04 Å². The molecule has 0 fully saturated rings. The SMILES string of the molecule is CCn1nc(C)c(Cl)c1CNC(C)c1ccc(Cl)cc1Cl. The molecule has 0 aliphatic rings. The number of nitrogens with zero attached hydrogens (tertiary/aromatic N) is 2. The van der Waals surface area contributed by atoms with Crippen LogP contribution in [0.2, 0.25) is 15.1 Å². The number of aryl methyl sites for hydroxylation is 2. The third-order valence-corrected chi connectivity index (χ3v) is 4.51. The number of nitrogens with one attached hydrogen (secondary N) is 1. The summed E-state index contributed by atoms with van der Waals surface area (Å²) < 4.78 is 1.92. The van der Waals surface area contributed by atoms with Crippen LogP contribution in [0.25, 0.3) is 0 Å². The summed E-state index contributed by atoms with van der Waals surface area (Å²) >= 11 is 18.5. The third kappa shape index (κ3) is 3.72. The van der Waals surface area contributed by atoms with Gasteiger partial charge in [-0.05, 0) is 38.5 Å². The van der Waals surface area contributed by atoms with Crippen molar-refractivity contribution >= 4 is 34.8 Å². The van der Waals surface area contributed by atoms with E-state index < -0.39 is 0 Å². The van der Waals surface area contributed by atoms with Crippen LogP contribution in [-0.2, 0) is 13.1 Å². The third-order valence-electron chi connectivity index (χ3n) is 3.46. The number of rotatable bonds is 5. The number of aromatic nitrogens is 2. The maximum atomic E-state index is 6.31. The van der Waals surface area contributed by atoms with E-state index in [0.29, 0.717) is 16.6 Å². The molecule has 1 atom stereocenters. The average molecular weight is 347 g/mol. The zero-order valence-electron chi connectivity index (χ0n) is 12.3. The molecule has 1 unspecified atom stereocenters. The first kappa shape index (κ1) is 16.6. The van der Waals surface area contributed by atoms with E-state index in [4.69, 9.17) is 34.8 Å². The molecule has 6 heteroatoms. The Balaban J connectivity index is 2.12. The average Bonchev–Trinajstić information content (AvgIpc) is 2.71. The minimum absolute atomic E-state index is 0.0892. The highest BCUT2D eigenvalue weighted by Crippen LogP contribution is 2.27. The molecular formula is C15H18Cl3N3. The van der Waals surface area contributed by atoms with Crippen LogP contribution in [0.4, 0.5) is 0 Å². The molecule has 0 radical (unpaired) electrons. The van der Waals surface area contributed by atoms with Crippen molar-refractivity contribution in [2.75, 3.05) is 0 Å². The first-order valence-corrected chi connectivity index (χ1v) is 7.97. The Bertz CT molecular complexity index is 637. The second kappa shape index (κ2) is 7.01. The van der Waals surface area contributed by atoms with Gasteiger partial charge in [-0.1, -0.05) is 40.9 Å². The normalized spacial score (nSPS) is 12.7. The van der Waals surface area contributed by atoms with E-state index >= 15 is 0 Å². The van der Waals surface area contributed by atoms with Crippen molar-refractivity contribution in [1.29, 1.82) is 0 Å². The molecule has 1 heterocycles. The lowest BCUT2D eigenvalue weighted by atomic mass is 10.1. The van der Waals surface area contributed by atoms with Crippen LogP contribution in [0.15, 0.2) is 18.2 Å². The molecule has 2 rings (SSSR count). The molecule has 1 aromatic heterocycles. The Labute approximate surface area is 140 Å². The van der Waals surface area contributed by atoms with Crippen LogP contribution >= 0.6 is 34.8 Å². The predicted octanol–water partition coefficient (Wildman–Crippen LogP) is 5.02. The van der Waals surface area contributed by atoms with Crippen LogP contribution in [-0.4, -0.2) is 9.78 Å². The second-order valence-electron chi connectivity index (χ2n) is 4.93. The molecule has 0 aliphatic heterocycles. The molecule has 0 amide bonds. The molecule has 3 nitrogen and oxygen atoms in total. The first-order valence-electron chi connectivity index (χ1n) is 6.84. The Morgan fingerprint density at radius 1 is 1.29 bits per heavy atom. The fourth-order valence-corrected chi connectivity index (χ4v) is 3.02. The minimum Gasteiger partial charge on any atom is -0.304 e. The van der Waals surface area contributed by atoms with Crippen LogP contribution in [0.3, 0.4) is 0 Å². The van der Waals surface area contributed by atoms with Crippen molar-refractivity contribution in [3.8, 4) is 0 Å². The number of hydrogen-bond acceptors (Lipinski definition) is 2. The monoisotopic (exact) mass is 345 g/mol. The van der Waals surface area contributed by atoms with Crippen LogP contribution < -0.4 is 5.32 Å². The fourth-order valence-electron chi connectivity index (χ4n) is 2.25. The van der Waals surface area contributed by atoms with Gasteiger partial charge in [0.1, 0.15) is 0 Å².